The van der Waals surface area contributed by atoms with Crippen molar-refractivity contribution in [2.75, 3.05) is 37.7 Å². The fourth-order valence-corrected chi connectivity index (χ4v) is 3.29. The van der Waals surface area contributed by atoms with E-state index in [-0.39, 0.29) is 18.4 Å². The Bertz CT molecular complexity index is 790. The molecule has 3 rings (SSSR count). The highest BCUT2D eigenvalue weighted by molar-refractivity contribution is 6.31. The van der Waals surface area contributed by atoms with Gasteiger partial charge in [-0.05, 0) is 36.1 Å². The van der Waals surface area contributed by atoms with E-state index >= 15 is 0 Å². The summed E-state index contributed by atoms with van der Waals surface area (Å²) in [6, 6.07) is 3.85. The minimum atomic E-state index is -0.00361. The van der Waals surface area contributed by atoms with E-state index in [1.54, 1.807) is 18.6 Å². The molecular formula is C20H25ClN4O2. The van der Waals surface area contributed by atoms with Gasteiger partial charge in [0, 0.05) is 43.6 Å². The van der Waals surface area contributed by atoms with Crippen LogP contribution in [0.4, 0.5) is 5.82 Å². The Morgan fingerprint density at radius 2 is 1.96 bits per heavy atom. The number of ether oxygens (including phenoxy) is 1. The van der Waals surface area contributed by atoms with E-state index in [0.717, 1.165) is 40.8 Å². The van der Waals surface area contributed by atoms with E-state index in [4.69, 9.17) is 16.3 Å². The molecule has 1 aliphatic rings. The van der Waals surface area contributed by atoms with Crippen LogP contribution in [-0.4, -0.2) is 53.6 Å². The van der Waals surface area contributed by atoms with Gasteiger partial charge in [-0.25, -0.2) is 4.98 Å². The monoisotopic (exact) mass is 388 g/mol. The Kier molecular flexibility index (Phi) is 6.16. The smallest absolute Gasteiger partial charge is 0.260 e. The normalized spacial score (nSPS) is 14.6. The fraction of sp³-hybridized carbons (Fsp3) is 0.450. The molecule has 0 atom stereocenters. The van der Waals surface area contributed by atoms with Gasteiger partial charge in [-0.2, -0.15) is 0 Å². The first-order valence-corrected chi connectivity index (χ1v) is 9.55. The van der Waals surface area contributed by atoms with Gasteiger partial charge in [0.15, 0.2) is 6.61 Å². The molecule has 144 valence electrons. The molecule has 27 heavy (non-hydrogen) atoms. The number of rotatable bonds is 5. The van der Waals surface area contributed by atoms with Crippen LogP contribution in [0, 0.1) is 6.92 Å². The molecular weight excluding hydrogens is 364 g/mol. The number of halogens is 1. The zero-order chi connectivity index (χ0) is 19.4. The van der Waals surface area contributed by atoms with Crippen molar-refractivity contribution < 1.29 is 9.53 Å². The molecule has 2 heterocycles. The second-order valence-corrected chi connectivity index (χ2v) is 7.42. The second-order valence-electron chi connectivity index (χ2n) is 7.01. The van der Waals surface area contributed by atoms with Gasteiger partial charge in [0.05, 0.1) is 6.20 Å². The zero-order valence-corrected chi connectivity index (χ0v) is 16.7. The van der Waals surface area contributed by atoms with Crippen molar-refractivity contribution in [3.63, 3.8) is 0 Å². The van der Waals surface area contributed by atoms with Crippen LogP contribution in [0.5, 0.6) is 5.75 Å². The summed E-state index contributed by atoms with van der Waals surface area (Å²) < 4.78 is 5.87. The number of amides is 1. The van der Waals surface area contributed by atoms with Crippen LogP contribution >= 0.6 is 11.6 Å². The van der Waals surface area contributed by atoms with Crippen molar-refractivity contribution in [1.29, 1.82) is 0 Å². The van der Waals surface area contributed by atoms with Crippen LogP contribution in [0.1, 0.15) is 30.9 Å². The zero-order valence-electron chi connectivity index (χ0n) is 16.0. The Morgan fingerprint density at radius 3 is 2.59 bits per heavy atom. The van der Waals surface area contributed by atoms with Crippen molar-refractivity contribution in [3.05, 3.63) is 46.9 Å². The van der Waals surface area contributed by atoms with Crippen molar-refractivity contribution in [2.24, 2.45) is 0 Å². The number of hydrogen-bond acceptors (Lipinski definition) is 5. The van der Waals surface area contributed by atoms with Gasteiger partial charge in [-0.1, -0.05) is 25.4 Å². The topological polar surface area (TPSA) is 58.6 Å². The summed E-state index contributed by atoms with van der Waals surface area (Å²) in [5.41, 5.74) is 1.96. The molecule has 1 aromatic heterocycles. The van der Waals surface area contributed by atoms with Crippen molar-refractivity contribution in [3.8, 4) is 5.75 Å². The number of hydrogen-bond donors (Lipinski definition) is 0. The van der Waals surface area contributed by atoms with Crippen LogP contribution in [-0.2, 0) is 4.79 Å². The summed E-state index contributed by atoms with van der Waals surface area (Å²) in [7, 11) is 0. The Labute approximate surface area is 165 Å². The van der Waals surface area contributed by atoms with E-state index < -0.39 is 0 Å². The molecule has 6 nitrogen and oxygen atoms in total. The average molecular weight is 389 g/mol. The highest BCUT2D eigenvalue weighted by Crippen LogP contribution is 2.32. The van der Waals surface area contributed by atoms with Gasteiger partial charge < -0.3 is 14.5 Å². The maximum absolute atomic E-state index is 12.6. The summed E-state index contributed by atoms with van der Waals surface area (Å²) in [5.74, 6) is 1.84. The third-order valence-corrected chi connectivity index (χ3v) is 5.18. The molecule has 1 amide bonds. The number of nitrogens with zero attached hydrogens (tertiary/aromatic N) is 4. The molecule has 1 aliphatic heterocycles. The van der Waals surface area contributed by atoms with Crippen LogP contribution < -0.4 is 9.64 Å². The van der Waals surface area contributed by atoms with Crippen LogP contribution in [0.15, 0.2) is 30.7 Å². The quantitative estimate of drug-likeness (QED) is 0.786. The predicted octanol–water partition coefficient (Wildman–Crippen LogP) is 3.29. The summed E-state index contributed by atoms with van der Waals surface area (Å²) >= 11 is 6.23. The number of aromatic nitrogens is 2. The van der Waals surface area contributed by atoms with E-state index in [1.807, 2.05) is 24.0 Å². The molecule has 0 saturated carbocycles. The Hall–Kier alpha value is -2.34. The molecule has 2 aromatic rings. The van der Waals surface area contributed by atoms with Crippen LogP contribution in [0.25, 0.3) is 0 Å². The summed E-state index contributed by atoms with van der Waals surface area (Å²) in [5, 5.41) is 0.720. The van der Waals surface area contributed by atoms with Gasteiger partial charge in [-0.3, -0.25) is 9.78 Å². The summed E-state index contributed by atoms with van der Waals surface area (Å²) in [6.07, 6.45) is 5.09. The molecule has 1 fully saturated rings. The highest BCUT2D eigenvalue weighted by atomic mass is 35.5. The maximum atomic E-state index is 12.6. The number of aryl methyl sites for hydroxylation is 1. The number of carbonyl (C=O) groups is 1. The first-order valence-electron chi connectivity index (χ1n) is 9.17. The molecule has 7 heteroatoms. The van der Waals surface area contributed by atoms with Crippen molar-refractivity contribution >= 4 is 23.3 Å². The largest absolute Gasteiger partial charge is 0.483 e. The Morgan fingerprint density at radius 1 is 1.22 bits per heavy atom. The van der Waals surface area contributed by atoms with Crippen molar-refractivity contribution in [2.45, 2.75) is 26.7 Å². The predicted molar refractivity (Wildman–Crippen MR) is 107 cm³/mol. The molecule has 0 radical (unpaired) electrons. The third-order valence-electron chi connectivity index (χ3n) is 4.77. The molecule has 0 spiro atoms. The number of carbonyl (C=O) groups excluding carboxylic acids is 1. The van der Waals surface area contributed by atoms with Gasteiger partial charge in [0.2, 0.25) is 0 Å². The minimum absolute atomic E-state index is 0.00361. The minimum Gasteiger partial charge on any atom is -0.483 e. The lowest BCUT2D eigenvalue weighted by Gasteiger charge is -2.35. The van der Waals surface area contributed by atoms with Gasteiger partial charge in [-0.15, -0.1) is 0 Å². The molecule has 0 bridgehead atoms. The van der Waals surface area contributed by atoms with E-state index in [2.05, 4.69) is 28.7 Å². The summed E-state index contributed by atoms with van der Waals surface area (Å²) in [4.78, 5) is 25.0. The second kappa shape index (κ2) is 8.57. The highest BCUT2D eigenvalue weighted by Gasteiger charge is 2.22. The molecule has 0 unspecified atom stereocenters. The van der Waals surface area contributed by atoms with E-state index in [0.29, 0.717) is 13.1 Å². The lowest BCUT2D eigenvalue weighted by atomic mass is 10.0. The first kappa shape index (κ1) is 19.4. The summed E-state index contributed by atoms with van der Waals surface area (Å²) in [6.45, 7) is 8.91. The Balaban J connectivity index is 1.57. The van der Waals surface area contributed by atoms with E-state index in [1.165, 1.54) is 0 Å². The fourth-order valence-electron chi connectivity index (χ4n) is 3.12. The lowest BCUT2D eigenvalue weighted by molar-refractivity contribution is -0.133. The molecule has 0 aliphatic carbocycles. The average Bonchev–Trinajstić information content (AvgIpc) is 2.69. The number of piperazine rings is 1. The van der Waals surface area contributed by atoms with Crippen LogP contribution in [0.2, 0.25) is 5.02 Å². The maximum Gasteiger partial charge on any atom is 0.260 e. The molecule has 1 aromatic carbocycles. The first-order chi connectivity index (χ1) is 13.0. The molecule has 1 saturated heterocycles. The van der Waals surface area contributed by atoms with E-state index in [9.17, 15) is 4.79 Å². The SMILES string of the molecule is Cc1cc(OCC(=O)N2CCN(c3cnccn3)CC2)c(C(C)C)cc1Cl. The number of anilines is 1. The lowest BCUT2D eigenvalue weighted by Crippen LogP contribution is -2.50. The van der Waals surface area contributed by atoms with Gasteiger partial charge in [0.1, 0.15) is 11.6 Å². The van der Waals surface area contributed by atoms with Crippen molar-refractivity contribution in [1.82, 2.24) is 14.9 Å². The van der Waals surface area contributed by atoms with Gasteiger partial charge in [0.25, 0.3) is 5.91 Å². The third kappa shape index (κ3) is 4.69. The number of benzene rings is 1. The van der Waals surface area contributed by atoms with Crippen LogP contribution in [0.3, 0.4) is 0 Å². The van der Waals surface area contributed by atoms with Gasteiger partial charge >= 0.3 is 0 Å². The standard InChI is InChI=1S/C20H25ClN4O2/c1-14(2)16-11-17(21)15(3)10-18(16)27-13-20(26)25-8-6-24(7-9-25)19-12-22-4-5-23-19/h4-5,10-12,14H,6-9,13H2,1-3H3. The molecule has 0 N–H and O–H groups in total.